The Hall–Kier alpha value is -0.390. The highest BCUT2D eigenvalue weighted by Gasteiger charge is 2.31. The van der Waals surface area contributed by atoms with Crippen molar-refractivity contribution in [1.82, 2.24) is 9.62 Å². The molecule has 1 aliphatic heterocycles. The summed E-state index contributed by atoms with van der Waals surface area (Å²) in [5, 5.41) is 3.46. The maximum Gasteiger partial charge on any atom is 0.211 e. The molecule has 1 saturated heterocycles. The molecule has 0 spiro atoms. The van der Waals surface area contributed by atoms with Crippen LogP contribution in [0.2, 0.25) is 0 Å². The van der Waals surface area contributed by atoms with Gasteiger partial charge in [-0.15, -0.1) is 0 Å². The molecule has 0 bridgehead atoms. The molecule has 1 N–H and O–H groups in total. The minimum absolute atomic E-state index is 0.140. The number of rotatable bonds is 7. The van der Waals surface area contributed by atoms with Gasteiger partial charge in [0.1, 0.15) is 0 Å². The van der Waals surface area contributed by atoms with Crippen LogP contribution in [0.15, 0.2) is 11.6 Å². The van der Waals surface area contributed by atoms with Crippen LogP contribution in [-0.4, -0.2) is 44.2 Å². The molecule has 1 fully saturated rings. The first-order chi connectivity index (χ1) is 8.80. The predicted octanol–water partition coefficient (Wildman–Crippen LogP) is 2.13. The first-order valence-corrected chi connectivity index (χ1v) is 8.99. The topological polar surface area (TPSA) is 49.4 Å². The van der Waals surface area contributed by atoms with E-state index in [1.54, 1.807) is 4.31 Å². The van der Waals surface area contributed by atoms with Crippen molar-refractivity contribution >= 4 is 10.0 Å². The summed E-state index contributed by atoms with van der Waals surface area (Å²) in [4.78, 5) is 0. The van der Waals surface area contributed by atoms with Crippen LogP contribution in [0.5, 0.6) is 0 Å². The zero-order valence-electron chi connectivity index (χ0n) is 12.6. The molecule has 5 heteroatoms. The van der Waals surface area contributed by atoms with Crippen LogP contribution >= 0.6 is 0 Å². The third kappa shape index (κ3) is 6.06. The molecule has 1 rings (SSSR count). The van der Waals surface area contributed by atoms with E-state index in [1.807, 2.05) is 0 Å². The van der Waals surface area contributed by atoms with Crippen molar-refractivity contribution in [2.45, 2.75) is 58.5 Å². The van der Waals surface area contributed by atoms with E-state index in [9.17, 15) is 8.42 Å². The minimum atomic E-state index is -3.04. The van der Waals surface area contributed by atoms with Crippen LogP contribution in [0.3, 0.4) is 0 Å². The highest BCUT2D eigenvalue weighted by molar-refractivity contribution is 7.88. The van der Waals surface area contributed by atoms with Gasteiger partial charge in [0.2, 0.25) is 10.0 Å². The fraction of sp³-hybridized carbons (Fsp3) is 0.857. The lowest BCUT2D eigenvalue weighted by Crippen LogP contribution is -2.43. The van der Waals surface area contributed by atoms with Crippen molar-refractivity contribution in [3.63, 3.8) is 0 Å². The summed E-state index contributed by atoms with van der Waals surface area (Å²) in [6, 6.07) is 0.568. The molecule has 1 heterocycles. The number of nitrogens with zero attached hydrogens (tertiary/aromatic N) is 1. The SMILES string of the molecule is CC(C)=CCCC(C)NC[C@H]1CCCN1S(C)(=O)=O. The molecule has 19 heavy (non-hydrogen) atoms. The molecule has 0 aromatic carbocycles. The van der Waals surface area contributed by atoms with Gasteiger partial charge >= 0.3 is 0 Å². The van der Waals surface area contributed by atoms with Gasteiger partial charge < -0.3 is 5.32 Å². The molecule has 1 aliphatic rings. The van der Waals surface area contributed by atoms with Crippen LogP contribution < -0.4 is 5.32 Å². The monoisotopic (exact) mass is 288 g/mol. The molecule has 0 saturated carbocycles. The maximum absolute atomic E-state index is 11.6. The Morgan fingerprint density at radius 3 is 2.74 bits per heavy atom. The molecule has 112 valence electrons. The van der Waals surface area contributed by atoms with Gasteiger partial charge in [-0.3, -0.25) is 0 Å². The van der Waals surface area contributed by atoms with Crippen LogP contribution in [0.25, 0.3) is 0 Å². The number of allylic oxidation sites excluding steroid dienone is 2. The van der Waals surface area contributed by atoms with E-state index in [0.29, 0.717) is 12.6 Å². The van der Waals surface area contributed by atoms with Gasteiger partial charge in [-0.1, -0.05) is 11.6 Å². The molecule has 0 aromatic heterocycles. The summed E-state index contributed by atoms with van der Waals surface area (Å²) in [5.41, 5.74) is 1.35. The van der Waals surface area contributed by atoms with Gasteiger partial charge in [0.15, 0.2) is 0 Å². The van der Waals surface area contributed by atoms with Crippen molar-refractivity contribution in [2.75, 3.05) is 19.3 Å². The quantitative estimate of drug-likeness (QED) is 0.730. The minimum Gasteiger partial charge on any atom is -0.313 e. The van der Waals surface area contributed by atoms with Crippen molar-refractivity contribution in [2.24, 2.45) is 0 Å². The van der Waals surface area contributed by atoms with Gasteiger partial charge in [-0.05, 0) is 46.5 Å². The summed E-state index contributed by atoms with van der Waals surface area (Å²) in [6.45, 7) is 7.83. The Kier molecular flexibility index (Phi) is 6.50. The van der Waals surface area contributed by atoms with Crippen molar-refractivity contribution in [3.8, 4) is 0 Å². The Bertz CT molecular complexity index is 400. The smallest absolute Gasteiger partial charge is 0.211 e. The van der Waals surface area contributed by atoms with Crippen LogP contribution in [0.4, 0.5) is 0 Å². The third-order valence-corrected chi connectivity index (χ3v) is 4.94. The largest absolute Gasteiger partial charge is 0.313 e. The Morgan fingerprint density at radius 1 is 1.47 bits per heavy atom. The normalized spacial score (nSPS) is 22.4. The molecule has 0 aliphatic carbocycles. The molecule has 1 unspecified atom stereocenters. The fourth-order valence-corrected chi connectivity index (χ4v) is 3.69. The lowest BCUT2D eigenvalue weighted by atomic mass is 10.1. The third-order valence-electron chi connectivity index (χ3n) is 3.60. The first kappa shape index (κ1) is 16.7. The van der Waals surface area contributed by atoms with Gasteiger partial charge in [0.25, 0.3) is 0 Å². The molecule has 0 aromatic rings. The molecule has 0 radical (unpaired) electrons. The highest BCUT2D eigenvalue weighted by Crippen LogP contribution is 2.19. The Morgan fingerprint density at radius 2 is 2.16 bits per heavy atom. The summed E-state index contributed by atoms with van der Waals surface area (Å²) in [7, 11) is -3.04. The lowest BCUT2D eigenvalue weighted by Gasteiger charge is -2.24. The fourth-order valence-electron chi connectivity index (χ4n) is 2.51. The zero-order chi connectivity index (χ0) is 14.5. The van der Waals surface area contributed by atoms with Crippen molar-refractivity contribution < 1.29 is 8.42 Å². The average Bonchev–Trinajstić information content (AvgIpc) is 2.73. The molecular weight excluding hydrogens is 260 g/mol. The van der Waals surface area contributed by atoms with E-state index in [2.05, 4.69) is 32.2 Å². The predicted molar refractivity (Wildman–Crippen MR) is 80.7 cm³/mol. The first-order valence-electron chi connectivity index (χ1n) is 7.14. The molecule has 2 atom stereocenters. The van der Waals surface area contributed by atoms with E-state index >= 15 is 0 Å². The van der Waals surface area contributed by atoms with Crippen LogP contribution in [-0.2, 0) is 10.0 Å². The standard InChI is InChI=1S/C14H28N2O2S/c1-12(2)7-5-8-13(3)15-11-14-9-6-10-16(14)19(4,17)18/h7,13-15H,5-6,8-11H2,1-4H3/t13?,14-/m1/s1. The van der Waals surface area contributed by atoms with Crippen molar-refractivity contribution in [1.29, 1.82) is 0 Å². The number of hydrogen-bond donors (Lipinski definition) is 1. The average molecular weight is 288 g/mol. The van der Waals surface area contributed by atoms with E-state index < -0.39 is 10.0 Å². The van der Waals surface area contributed by atoms with Crippen LogP contribution in [0.1, 0.15) is 46.5 Å². The lowest BCUT2D eigenvalue weighted by molar-refractivity contribution is 0.358. The van der Waals surface area contributed by atoms with Crippen molar-refractivity contribution in [3.05, 3.63) is 11.6 Å². The van der Waals surface area contributed by atoms with Gasteiger partial charge in [0.05, 0.1) is 6.26 Å². The Labute approximate surface area is 118 Å². The maximum atomic E-state index is 11.6. The second kappa shape index (κ2) is 7.41. The molecule has 4 nitrogen and oxygen atoms in total. The second-order valence-corrected chi connectivity index (χ2v) is 7.77. The van der Waals surface area contributed by atoms with Gasteiger partial charge in [0, 0.05) is 25.2 Å². The highest BCUT2D eigenvalue weighted by atomic mass is 32.2. The summed E-state index contributed by atoms with van der Waals surface area (Å²) in [5.74, 6) is 0. The van der Waals surface area contributed by atoms with Crippen LogP contribution in [0, 0.1) is 0 Å². The van der Waals surface area contributed by atoms with E-state index in [4.69, 9.17) is 0 Å². The van der Waals surface area contributed by atoms with E-state index in [0.717, 1.165) is 32.2 Å². The second-order valence-electron chi connectivity index (χ2n) is 5.84. The zero-order valence-corrected chi connectivity index (χ0v) is 13.5. The van der Waals surface area contributed by atoms with Gasteiger partial charge in [-0.2, -0.15) is 4.31 Å². The summed E-state index contributed by atoms with van der Waals surface area (Å²) in [6.07, 6.45) is 7.68. The Balaban J connectivity index is 2.33. The molecular formula is C14H28N2O2S. The number of hydrogen-bond acceptors (Lipinski definition) is 3. The number of nitrogens with one attached hydrogen (secondary N) is 1. The van der Waals surface area contributed by atoms with Gasteiger partial charge in [-0.25, -0.2) is 8.42 Å². The van der Waals surface area contributed by atoms with E-state index in [1.165, 1.54) is 11.8 Å². The summed E-state index contributed by atoms with van der Waals surface area (Å²) >= 11 is 0. The summed E-state index contributed by atoms with van der Waals surface area (Å²) < 4.78 is 24.9. The number of sulfonamides is 1. The van der Waals surface area contributed by atoms with E-state index in [-0.39, 0.29) is 6.04 Å². The molecule has 0 amide bonds.